The molecule has 0 radical (unpaired) electrons. The smallest absolute Gasteiger partial charge is 0.316 e. The van der Waals surface area contributed by atoms with Gasteiger partial charge in [0.25, 0.3) is 0 Å². The average molecular weight is 224 g/mol. The molecule has 0 aliphatic carbocycles. The molecule has 1 aliphatic heterocycles. The SMILES string of the molecule is CN(CCC1CCNC1)CCC(F)(F)F. The molecule has 0 bridgehead atoms. The minimum Gasteiger partial charge on any atom is -0.316 e. The molecule has 1 atom stereocenters. The molecule has 0 amide bonds. The van der Waals surface area contributed by atoms with Gasteiger partial charge < -0.3 is 10.2 Å². The van der Waals surface area contributed by atoms with Crippen molar-refractivity contribution in [2.45, 2.75) is 25.4 Å². The van der Waals surface area contributed by atoms with Gasteiger partial charge in [-0.2, -0.15) is 13.2 Å². The van der Waals surface area contributed by atoms with Crippen molar-refractivity contribution >= 4 is 0 Å². The summed E-state index contributed by atoms with van der Waals surface area (Å²) in [7, 11) is 1.76. The normalized spacial score (nSPS) is 22.6. The van der Waals surface area contributed by atoms with E-state index in [2.05, 4.69) is 5.32 Å². The van der Waals surface area contributed by atoms with Gasteiger partial charge in [0.05, 0.1) is 6.42 Å². The summed E-state index contributed by atoms with van der Waals surface area (Å²) in [5.74, 6) is 0.651. The molecule has 0 saturated carbocycles. The predicted octanol–water partition coefficient (Wildman–Crippen LogP) is 1.87. The summed E-state index contributed by atoms with van der Waals surface area (Å²) in [6.07, 6.45) is -2.57. The maximum Gasteiger partial charge on any atom is 0.390 e. The molecule has 1 heterocycles. The van der Waals surface area contributed by atoms with Crippen LogP contribution in [0.15, 0.2) is 0 Å². The van der Waals surface area contributed by atoms with E-state index in [4.69, 9.17) is 0 Å². The topological polar surface area (TPSA) is 15.3 Å². The van der Waals surface area contributed by atoms with Crippen molar-refractivity contribution in [2.75, 3.05) is 33.2 Å². The van der Waals surface area contributed by atoms with Gasteiger partial charge in [0.1, 0.15) is 0 Å². The van der Waals surface area contributed by atoms with Crippen LogP contribution in [0, 0.1) is 5.92 Å². The predicted molar refractivity (Wildman–Crippen MR) is 53.8 cm³/mol. The largest absolute Gasteiger partial charge is 0.390 e. The van der Waals surface area contributed by atoms with Gasteiger partial charge in [-0.1, -0.05) is 0 Å². The summed E-state index contributed by atoms with van der Waals surface area (Å²) < 4.78 is 35.8. The molecular formula is C10H19F3N2. The standard InChI is InChI=1S/C10H19F3N2/c1-15(7-4-10(11,12)13)6-3-9-2-5-14-8-9/h9,14H,2-8H2,1H3. The molecule has 1 unspecified atom stereocenters. The van der Waals surface area contributed by atoms with Crippen LogP contribution in [0.2, 0.25) is 0 Å². The second kappa shape index (κ2) is 5.70. The van der Waals surface area contributed by atoms with E-state index in [1.54, 1.807) is 11.9 Å². The Hall–Kier alpha value is -0.290. The highest BCUT2D eigenvalue weighted by molar-refractivity contribution is 4.72. The lowest BCUT2D eigenvalue weighted by Crippen LogP contribution is -2.27. The fraction of sp³-hybridized carbons (Fsp3) is 1.00. The summed E-state index contributed by atoms with van der Waals surface area (Å²) in [5.41, 5.74) is 0. The number of nitrogens with one attached hydrogen (secondary N) is 1. The minimum absolute atomic E-state index is 0.115. The summed E-state index contributed by atoms with van der Waals surface area (Å²) in [6, 6.07) is 0. The zero-order valence-electron chi connectivity index (χ0n) is 9.11. The number of alkyl halides is 3. The van der Waals surface area contributed by atoms with E-state index in [0.29, 0.717) is 5.92 Å². The Morgan fingerprint density at radius 2 is 2.07 bits per heavy atom. The number of nitrogens with zero attached hydrogens (tertiary/aromatic N) is 1. The molecule has 15 heavy (non-hydrogen) atoms. The number of hydrogen-bond acceptors (Lipinski definition) is 2. The Bertz CT molecular complexity index is 176. The highest BCUT2D eigenvalue weighted by atomic mass is 19.4. The zero-order chi connectivity index (χ0) is 11.3. The Labute approximate surface area is 88.8 Å². The molecule has 1 aliphatic rings. The summed E-state index contributed by atoms with van der Waals surface area (Å²) in [5, 5.41) is 3.25. The molecule has 0 aromatic rings. The van der Waals surface area contributed by atoms with Crippen LogP contribution in [-0.2, 0) is 0 Å². The van der Waals surface area contributed by atoms with E-state index in [1.807, 2.05) is 0 Å². The van der Waals surface area contributed by atoms with Gasteiger partial charge in [0.2, 0.25) is 0 Å². The van der Waals surface area contributed by atoms with E-state index in [9.17, 15) is 13.2 Å². The van der Waals surface area contributed by atoms with E-state index < -0.39 is 12.6 Å². The Balaban J connectivity index is 2.05. The third-order valence-electron chi connectivity index (χ3n) is 2.86. The molecule has 1 rings (SSSR count). The Morgan fingerprint density at radius 1 is 1.33 bits per heavy atom. The van der Waals surface area contributed by atoms with Gasteiger partial charge in [-0.15, -0.1) is 0 Å². The van der Waals surface area contributed by atoms with Crippen molar-refractivity contribution in [3.63, 3.8) is 0 Å². The fourth-order valence-electron chi connectivity index (χ4n) is 1.79. The lowest BCUT2D eigenvalue weighted by molar-refractivity contribution is -0.137. The van der Waals surface area contributed by atoms with Crippen LogP contribution in [0.4, 0.5) is 13.2 Å². The molecule has 0 aromatic heterocycles. The van der Waals surface area contributed by atoms with E-state index in [0.717, 1.165) is 32.5 Å². The molecule has 1 saturated heterocycles. The second-order valence-corrected chi connectivity index (χ2v) is 4.32. The monoisotopic (exact) mass is 224 g/mol. The van der Waals surface area contributed by atoms with Crippen LogP contribution in [-0.4, -0.2) is 44.3 Å². The lowest BCUT2D eigenvalue weighted by atomic mass is 10.1. The van der Waals surface area contributed by atoms with Crippen LogP contribution in [0.25, 0.3) is 0 Å². The maximum atomic E-state index is 11.9. The quantitative estimate of drug-likeness (QED) is 0.767. The van der Waals surface area contributed by atoms with Crippen molar-refractivity contribution < 1.29 is 13.2 Å². The van der Waals surface area contributed by atoms with Crippen molar-refractivity contribution in [3.05, 3.63) is 0 Å². The van der Waals surface area contributed by atoms with Gasteiger partial charge in [-0.25, -0.2) is 0 Å². The lowest BCUT2D eigenvalue weighted by Gasteiger charge is -2.19. The van der Waals surface area contributed by atoms with Gasteiger partial charge >= 0.3 is 6.18 Å². The van der Waals surface area contributed by atoms with Crippen molar-refractivity contribution in [1.29, 1.82) is 0 Å². The van der Waals surface area contributed by atoms with E-state index in [-0.39, 0.29) is 6.54 Å². The molecule has 0 aromatic carbocycles. The highest BCUT2D eigenvalue weighted by Crippen LogP contribution is 2.20. The van der Waals surface area contributed by atoms with Crippen LogP contribution < -0.4 is 5.32 Å². The molecule has 5 heteroatoms. The number of hydrogen-bond donors (Lipinski definition) is 1. The molecular weight excluding hydrogens is 205 g/mol. The minimum atomic E-state index is -4.02. The highest BCUT2D eigenvalue weighted by Gasteiger charge is 2.27. The first-order valence-corrected chi connectivity index (χ1v) is 5.43. The fourth-order valence-corrected chi connectivity index (χ4v) is 1.79. The first kappa shape index (κ1) is 12.8. The third-order valence-corrected chi connectivity index (χ3v) is 2.86. The first-order valence-electron chi connectivity index (χ1n) is 5.43. The van der Waals surface area contributed by atoms with Crippen molar-refractivity contribution in [3.8, 4) is 0 Å². The van der Waals surface area contributed by atoms with Crippen LogP contribution >= 0.6 is 0 Å². The van der Waals surface area contributed by atoms with Crippen LogP contribution in [0.5, 0.6) is 0 Å². The summed E-state index contributed by atoms with van der Waals surface area (Å²) in [4.78, 5) is 1.77. The first-order chi connectivity index (χ1) is 6.97. The number of rotatable bonds is 5. The molecule has 0 spiro atoms. The van der Waals surface area contributed by atoms with Crippen molar-refractivity contribution in [2.24, 2.45) is 5.92 Å². The van der Waals surface area contributed by atoms with Crippen LogP contribution in [0.1, 0.15) is 19.3 Å². The molecule has 2 nitrogen and oxygen atoms in total. The maximum absolute atomic E-state index is 11.9. The molecule has 90 valence electrons. The van der Waals surface area contributed by atoms with Gasteiger partial charge in [-0.05, 0) is 45.4 Å². The van der Waals surface area contributed by atoms with Crippen LogP contribution in [0.3, 0.4) is 0 Å². The summed E-state index contributed by atoms with van der Waals surface area (Å²) >= 11 is 0. The second-order valence-electron chi connectivity index (χ2n) is 4.32. The van der Waals surface area contributed by atoms with Gasteiger partial charge in [-0.3, -0.25) is 0 Å². The Morgan fingerprint density at radius 3 is 2.60 bits per heavy atom. The van der Waals surface area contributed by atoms with Crippen molar-refractivity contribution in [1.82, 2.24) is 10.2 Å². The Kier molecular flexibility index (Phi) is 4.86. The average Bonchev–Trinajstić information content (AvgIpc) is 2.62. The number of halogens is 3. The zero-order valence-corrected chi connectivity index (χ0v) is 9.11. The van der Waals surface area contributed by atoms with Gasteiger partial charge in [0.15, 0.2) is 0 Å². The molecule has 1 fully saturated rings. The summed E-state index contributed by atoms with van der Waals surface area (Å²) in [6.45, 7) is 2.95. The van der Waals surface area contributed by atoms with Gasteiger partial charge in [0, 0.05) is 6.54 Å². The van der Waals surface area contributed by atoms with E-state index >= 15 is 0 Å². The third kappa shape index (κ3) is 5.99. The van der Waals surface area contributed by atoms with E-state index in [1.165, 1.54) is 0 Å². The molecule has 1 N–H and O–H groups in total.